The third kappa shape index (κ3) is 2.48. The van der Waals surface area contributed by atoms with E-state index in [1.807, 2.05) is 0 Å². The lowest BCUT2D eigenvalue weighted by Crippen LogP contribution is -1.90. The van der Waals surface area contributed by atoms with Gasteiger partial charge in [0.1, 0.15) is 11.6 Å². The van der Waals surface area contributed by atoms with E-state index in [1.54, 1.807) is 0 Å². The van der Waals surface area contributed by atoms with Crippen LogP contribution in [0.1, 0.15) is 5.56 Å². The average Bonchev–Trinajstić information content (AvgIpc) is 2.66. The Bertz CT molecular complexity index is 500. The van der Waals surface area contributed by atoms with Crippen LogP contribution in [0.25, 0.3) is 0 Å². The molecule has 7 heteroatoms. The van der Waals surface area contributed by atoms with Gasteiger partial charge < -0.3 is 5.73 Å². The van der Waals surface area contributed by atoms with Crippen LogP contribution in [0.15, 0.2) is 23.4 Å². The van der Waals surface area contributed by atoms with Gasteiger partial charge in [0.25, 0.3) is 0 Å². The fourth-order valence-corrected chi connectivity index (χ4v) is 1.90. The summed E-state index contributed by atoms with van der Waals surface area (Å²) >= 11 is 1.18. The number of nitrogens with zero attached hydrogens (tertiary/aromatic N) is 2. The van der Waals surface area contributed by atoms with Gasteiger partial charge in [-0.1, -0.05) is 11.8 Å². The van der Waals surface area contributed by atoms with Gasteiger partial charge in [0, 0.05) is 11.3 Å². The minimum absolute atomic E-state index is 0.196. The first-order valence-electron chi connectivity index (χ1n) is 4.40. The molecule has 1 heterocycles. The Labute approximate surface area is 94.3 Å². The highest BCUT2D eigenvalue weighted by Gasteiger charge is 2.07. The number of nitrogen functional groups attached to an aromatic ring is 1. The summed E-state index contributed by atoms with van der Waals surface area (Å²) in [5, 5.41) is 6.63. The molecule has 0 aliphatic rings. The van der Waals surface area contributed by atoms with Crippen LogP contribution in [0, 0.1) is 11.6 Å². The van der Waals surface area contributed by atoms with Gasteiger partial charge in [-0.25, -0.2) is 13.9 Å². The van der Waals surface area contributed by atoms with E-state index in [4.69, 9.17) is 5.73 Å². The van der Waals surface area contributed by atoms with Gasteiger partial charge in [0.15, 0.2) is 0 Å². The monoisotopic (exact) mass is 242 g/mol. The molecule has 3 N–H and O–H groups in total. The van der Waals surface area contributed by atoms with Gasteiger partial charge in [0.05, 0.1) is 0 Å². The van der Waals surface area contributed by atoms with E-state index in [9.17, 15) is 8.78 Å². The smallest absolute Gasteiger partial charge is 0.216 e. The number of H-pyrrole nitrogens is 1. The molecule has 0 amide bonds. The SMILES string of the molecule is Nc1nc(SCc2cc(F)ccc2F)n[nH]1. The van der Waals surface area contributed by atoms with Crippen LogP contribution in [-0.2, 0) is 5.75 Å². The molecule has 16 heavy (non-hydrogen) atoms. The van der Waals surface area contributed by atoms with Crippen LogP contribution >= 0.6 is 11.8 Å². The molecule has 0 aliphatic carbocycles. The van der Waals surface area contributed by atoms with Crippen LogP contribution in [-0.4, -0.2) is 15.2 Å². The van der Waals surface area contributed by atoms with E-state index in [2.05, 4.69) is 15.2 Å². The largest absolute Gasteiger partial charge is 0.368 e. The third-order valence-electron chi connectivity index (χ3n) is 1.85. The lowest BCUT2D eigenvalue weighted by atomic mass is 10.2. The van der Waals surface area contributed by atoms with E-state index in [-0.39, 0.29) is 17.3 Å². The summed E-state index contributed by atoms with van der Waals surface area (Å²) in [6.45, 7) is 0. The Balaban J connectivity index is 2.07. The van der Waals surface area contributed by atoms with Gasteiger partial charge in [-0.15, -0.1) is 5.10 Å². The van der Waals surface area contributed by atoms with E-state index < -0.39 is 11.6 Å². The molecule has 0 spiro atoms. The van der Waals surface area contributed by atoms with Crippen molar-refractivity contribution in [1.82, 2.24) is 15.2 Å². The number of halogens is 2. The van der Waals surface area contributed by atoms with Crippen molar-refractivity contribution in [3.63, 3.8) is 0 Å². The molecule has 0 aliphatic heterocycles. The fraction of sp³-hybridized carbons (Fsp3) is 0.111. The molecule has 1 aromatic carbocycles. The van der Waals surface area contributed by atoms with E-state index in [0.717, 1.165) is 18.2 Å². The number of rotatable bonds is 3. The minimum Gasteiger partial charge on any atom is -0.368 e. The first-order chi connectivity index (χ1) is 7.65. The molecule has 1 aromatic heterocycles. The summed E-state index contributed by atoms with van der Waals surface area (Å²) in [4.78, 5) is 3.84. The number of aromatic nitrogens is 3. The highest BCUT2D eigenvalue weighted by atomic mass is 32.2. The zero-order chi connectivity index (χ0) is 11.5. The molecule has 4 nitrogen and oxygen atoms in total. The second kappa shape index (κ2) is 4.48. The van der Waals surface area contributed by atoms with Crippen LogP contribution in [0.5, 0.6) is 0 Å². The zero-order valence-corrected chi connectivity index (χ0v) is 8.89. The maximum absolute atomic E-state index is 13.2. The second-order valence-electron chi connectivity index (χ2n) is 3.03. The number of thioether (sulfide) groups is 1. The van der Waals surface area contributed by atoms with Gasteiger partial charge >= 0.3 is 0 Å². The third-order valence-corrected chi connectivity index (χ3v) is 2.74. The van der Waals surface area contributed by atoms with Crippen LogP contribution in [0.4, 0.5) is 14.7 Å². The number of aromatic amines is 1. The molecule has 0 unspecified atom stereocenters. The summed E-state index contributed by atoms with van der Waals surface area (Å²) in [5.41, 5.74) is 5.60. The summed E-state index contributed by atoms with van der Waals surface area (Å²) in [6, 6.07) is 3.32. The zero-order valence-electron chi connectivity index (χ0n) is 8.08. The Kier molecular flexibility index (Phi) is 3.04. The van der Waals surface area contributed by atoms with Gasteiger partial charge in [-0.3, -0.25) is 0 Å². The second-order valence-corrected chi connectivity index (χ2v) is 3.97. The molecule has 84 valence electrons. The molecular weight excluding hydrogens is 234 g/mol. The van der Waals surface area contributed by atoms with E-state index in [0.29, 0.717) is 5.16 Å². The number of hydrogen-bond donors (Lipinski definition) is 2. The van der Waals surface area contributed by atoms with Crippen molar-refractivity contribution in [3.05, 3.63) is 35.4 Å². The first-order valence-corrected chi connectivity index (χ1v) is 5.38. The van der Waals surface area contributed by atoms with Gasteiger partial charge in [-0.2, -0.15) is 4.98 Å². The molecule has 0 saturated heterocycles. The summed E-state index contributed by atoms with van der Waals surface area (Å²) in [6.07, 6.45) is 0. The van der Waals surface area contributed by atoms with Crippen molar-refractivity contribution in [1.29, 1.82) is 0 Å². The van der Waals surface area contributed by atoms with Crippen molar-refractivity contribution in [3.8, 4) is 0 Å². The predicted octanol–water partition coefficient (Wildman–Crippen LogP) is 1.96. The maximum atomic E-state index is 13.2. The minimum atomic E-state index is -0.466. The van der Waals surface area contributed by atoms with E-state index >= 15 is 0 Å². The lowest BCUT2D eigenvalue weighted by molar-refractivity contribution is 0.591. The fourth-order valence-electron chi connectivity index (χ4n) is 1.12. The number of nitrogens with one attached hydrogen (secondary N) is 1. The highest BCUT2D eigenvalue weighted by Crippen LogP contribution is 2.21. The van der Waals surface area contributed by atoms with Crippen LogP contribution < -0.4 is 5.73 Å². The number of hydrogen-bond acceptors (Lipinski definition) is 4. The molecule has 0 atom stereocenters. The standard InChI is InChI=1S/C9H8F2N4S/c10-6-1-2-7(11)5(3-6)4-16-9-13-8(12)14-15-9/h1-3H,4H2,(H3,12,13,14,15). The van der Waals surface area contributed by atoms with Crippen molar-refractivity contribution < 1.29 is 8.78 Å². The Hall–Kier alpha value is -1.63. The molecule has 2 rings (SSSR count). The average molecular weight is 242 g/mol. The van der Waals surface area contributed by atoms with E-state index in [1.165, 1.54) is 11.8 Å². The molecule has 0 saturated carbocycles. The number of nitrogens with two attached hydrogens (primary N) is 1. The quantitative estimate of drug-likeness (QED) is 0.807. The molecule has 0 bridgehead atoms. The topological polar surface area (TPSA) is 67.6 Å². The molecule has 0 radical (unpaired) electrons. The van der Waals surface area contributed by atoms with Crippen molar-refractivity contribution >= 4 is 17.7 Å². The lowest BCUT2D eigenvalue weighted by Gasteiger charge is -2.00. The van der Waals surface area contributed by atoms with Crippen LogP contribution in [0.2, 0.25) is 0 Å². The highest BCUT2D eigenvalue weighted by molar-refractivity contribution is 7.98. The van der Waals surface area contributed by atoms with Gasteiger partial charge in [0.2, 0.25) is 11.1 Å². The van der Waals surface area contributed by atoms with Crippen molar-refractivity contribution in [2.24, 2.45) is 0 Å². The normalized spacial score (nSPS) is 10.6. The first kappa shape index (κ1) is 10.9. The molecule has 0 fully saturated rings. The Morgan fingerprint density at radius 1 is 1.38 bits per heavy atom. The Morgan fingerprint density at radius 3 is 2.88 bits per heavy atom. The van der Waals surface area contributed by atoms with Crippen molar-refractivity contribution in [2.75, 3.05) is 5.73 Å². The summed E-state index contributed by atoms with van der Waals surface area (Å²) < 4.78 is 26.1. The summed E-state index contributed by atoms with van der Waals surface area (Å²) in [5.74, 6) is -0.466. The number of anilines is 1. The summed E-state index contributed by atoms with van der Waals surface area (Å²) in [7, 11) is 0. The van der Waals surface area contributed by atoms with Crippen LogP contribution in [0.3, 0.4) is 0 Å². The predicted molar refractivity (Wildman–Crippen MR) is 56.7 cm³/mol. The van der Waals surface area contributed by atoms with Gasteiger partial charge in [-0.05, 0) is 18.2 Å². The molecule has 2 aromatic rings. The molecular formula is C9H8F2N4S. The Morgan fingerprint density at radius 2 is 2.19 bits per heavy atom. The van der Waals surface area contributed by atoms with Crippen molar-refractivity contribution in [2.45, 2.75) is 10.9 Å². The maximum Gasteiger partial charge on any atom is 0.216 e. The number of benzene rings is 1.